The molecule has 0 unspecified atom stereocenters. The maximum absolute atomic E-state index is 6.23. The van der Waals surface area contributed by atoms with Crippen molar-refractivity contribution in [3.8, 4) is 5.69 Å². The predicted octanol–water partition coefficient (Wildman–Crippen LogP) is 9.30. The molecule has 0 fully saturated rings. The summed E-state index contributed by atoms with van der Waals surface area (Å²) in [4.78, 5) is 0. The first-order chi connectivity index (χ1) is 17.3. The summed E-state index contributed by atoms with van der Waals surface area (Å²) in [5.41, 5.74) is 6.78. The van der Waals surface area contributed by atoms with Crippen LogP contribution >= 0.6 is 0 Å². The third-order valence-corrected chi connectivity index (χ3v) is 7.45. The molecule has 2 nitrogen and oxygen atoms in total. The zero-order chi connectivity index (χ0) is 23.1. The summed E-state index contributed by atoms with van der Waals surface area (Å²) in [6.45, 7) is 2.13. The van der Waals surface area contributed by atoms with Gasteiger partial charge in [-0.15, -0.1) is 0 Å². The second-order valence-electron chi connectivity index (χ2n) is 9.44. The Bertz CT molecular complexity index is 2110. The van der Waals surface area contributed by atoms with Crippen molar-refractivity contribution in [1.82, 2.24) is 4.57 Å². The molecule has 0 radical (unpaired) electrons. The summed E-state index contributed by atoms with van der Waals surface area (Å²) in [5.74, 6) is 0. The number of aromatic nitrogens is 1. The van der Waals surface area contributed by atoms with E-state index in [-0.39, 0.29) is 0 Å². The van der Waals surface area contributed by atoms with Gasteiger partial charge < -0.3 is 8.98 Å². The van der Waals surface area contributed by atoms with E-state index < -0.39 is 0 Å². The molecule has 0 atom stereocenters. The molecule has 2 heteroatoms. The quantitative estimate of drug-likeness (QED) is 0.229. The molecule has 0 bridgehead atoms. The zero-order valence-electron chi connectivity index (χ0n) is 19.2. The van der Waals surface area contributed by atoms with Crippen LogP contribution in [0.1, 0.15) is 5.56 Å². The van der Waals surface area contributed by atoms with Crippen LogP contribution in [0.15, 0.2) is 114 Å². The Morgan fingerprint density at radius 1 is 0.486 bits per heavy atom. The van der Waals surface area contributed by atoms with Gasteiger partial charge in [-0.1, -0.05) is 78.4 Å². The van der Waals surface area contributed by atoms with E-state index in [1.54, 1.807) is 0 Å². The summed E-state index contributed by atoms with van der Waals surface area (Å²) in [5, 5.41) is 9.97. The number of benzene rings is 6. The monoisotopic (exact) mass is 447 g/mol. The van der Waals surface area contributed by atoms with E-state index in [2.05, 4.69) is 115 Å². The lowest BCUT2D eigenvalue weighted by atomic mass is 9.95. The van der Waals surface area contributed by atoms with Crippen LogP contribution in [0.3, 0.4) is 0 Å². The minimum absolute atomic E-state index is 0.934. The summed E-state index contributed by atoms with van der Waals surface area (Å²) < 4.78 is 8.63. The van der Waals surface area contributed by atoms with Gasteiger partial charge in [0.05, 0.1) is 11.0 Å². The van der Waals surface area contributed by atoms with Crippen molar-refractivity contribution < 1.29 is 4.42 Å². The molecule has 2 heterocycles. The van der Waals surface area contributed by atoms with E-state index in [4.69, 9.17) is 4.42 Å². The second kappa shape index (κ2) is 6.74. The van der Waals surface area contributed by atoms with Crippen LogP contribution in [0.5, 0.6) is 0 Å². The van der Waals surface area contributed by atoms with Gasteiger partial charge in [-0.25, -0.2) is 0 Å². The fourth-order valence-electron chi connectivity index (χ4n) is 5.89. The van der Waals surface area contributed by atoms with Crippen molar-refractivity contribution in [2.24, 2.45) is 0 Å². The van der Waals surface area contributed by atoms with Crippen molar-refractivity contribution in [3.63, 3.8) is 0 Å². The molecule has 6 aromatic carbocycles. The molecule has 0 aliphatic rings. The van der Waals surface area contributed by atoms with Crippen LogP contribution in [-0.4, -0.2) is 4.57 Å². The first kappa shape index (κ1) is 18.8. The fourth-order valence-corrected chi connectivity index (χ4v) is 5.89. The topological polar surface area (TPSA) is 18.1 Å². The molecule has 35 heavy (non-hydrogen) atoms. The highest BCUT2D eigenvalue weighted by atomic mass is 16.3. The van der Waals surface area contributed by atoms with Crippen molar-refractivity contribution in [1.29, 1.82) is 0 Å². The molecule has 0 aliphatic carbocycles. The molecular weight excluding hydrogens is 426 g/mol. The molecular formula is C33H21NO. The lowest BCUT2D eigenvalue weighted by molar-refractivity contribution is 0.669. The Balaban J connectivity index is 1.59. The summed E-state index contributed by atoms with van der Waals surface area (Å²) >= 11 is 0. The SMILES string of the molecule is Cc1ccc(-n2c3ccccc3c3c4ccc5ccc6oc7ccccc7c6c5c4ccc32)cc1. The zero-order valence-corrected chi connectivity index (χ0v) is 19.2. The highest BCUT2D eigenvalue weighted by Crippen LogP contribution is 2.42. The molecule has 0 N–H and O–H groups in total. The predicted molar refractivity (Wildman–Crippen MR) is 148 cm³/mol. The summed E-state index contributed by atoms with van der Waals surface area (Å²) in [7, 11) is 0. The van der Waals surface area contributed by atoms with E-state index in [1.165, 1.54) is 65.4 Å². The number of aryl methyl sites for hydroxylation is 1. The van der Waals surface area contributed by atoms with Gasteiger partial charge in [-0.3, -0.25) is 0 Å². The van der Waals surface area contributed by atoms with Crippen molar-refractivity contribution in [2.75, 3.05) is 0 Å². The minimum Gasteiger partial charge on any atom is -0.456 e. The number of furan rings is 1. The Hall–Kier alpha value is -4.56. The van der Waals surface area contributed by atoms with Gasteiger partial charge in [-0.05, 0) is 59.5 Å². The average Bonchev–Trinajstić information content (AvgIpc) is 3.45. The molecule has 0 spiro atoms. The molecule has 164 valence electrons. The van der Waals surface area contributed by atoms with E-state index in [0.717, 1.165) is 11.2 Å². The van der Waals surface area contributed by atoms with E-state index in [1.807, 2.05) is 6.07 Å². The Morgan fingerprint density at radius 3 is 2.09 bits per heavy atom. The first-order valence-electron chi connectivity index (χ1n) is 12.0. The molecule has 0 aliphatic heterocycles. The van der Waals surface area contributed by atoms with Gasteiger partial charge >= 0.3 is 0 Å². The van der Waals surface area contributed by atoms with Gasteiger partial charge in [0.1, 0.15) is 11.2 Å². The van der Waals surface area contributed by atoms with E-state index in [0.29, 0.717) is 0 Å². The summed E-state index contributed by atoms with van der Waals surface area (Å²) in [6.07, 6.45) is 0. The van der Waals surface area contributed by atoms with Crippen molar-refractivity contribution in [2.45, 2.75) is 6.92 Å². The van der Waals surface area contributed by atoms with Crippen LogP contribution in [0.25, 0.3) is 71.0 Å². The maximum atomic E-state index is 6.23. The van der Waals surface area contributed by atoms with Crippen LogP contribution in [0, 0.1) is 6.92 Å². The Labute approximate surface area is 201 Å². The second-order valence-corrected chi connectivity index (χ2v) is 9.44. The fraction of sp³-hybridized carbons (Fsp3) is 0.0303. The highest BCUT2D eigenvalue weighted by Gasteiger charge is 2.17. The number of rotatable bonds is 1. The van der Waals surface area contributed by atoms with Gasteiger partial charge in [-0.2, -0.15) is 0 Å². The van der Waals surface area contributed by atoms with Crippen LogP contribution < -0.4 is 0 Å². The number of nitrogens with zero attached hydrogens (tertiary/aromatic N) is 1. The van der Waals surface area contributed by atoms with Gasteiger partial charge in [0.25, 0.3) is 0 Å². The molecule has 8 rings (SSSR count). The molecule has 8 aromatic rings. The maximum Gasteiger partial charge on any atom is 0.136 e. The van der Waals surface area contributed by atoms with Gasteiger partial charge in [0, 0.05) is 32.6 Å². The molecule has 0 amide bonds. The number of para-hydroxylation sites is 2. The standard InChI is InChI=1S/C33H21NO/c1-20-10-14-22(15-11-20)34-27-8-4-2-6-25(27)32-24-16-12-21-13-19-30-33(26-7-3-5-9-29(26)35-30)31(21)23(24)17-18-28(32)34/h2-19H,1H3. The van der Waals surface area contributed by atoms with Crippen LogP contribution in [0.4, 0.5) is 0 Å². The van der Waals surface area contributed by atoms with E-state index in [9.17, 15) is 0 Å². The van der Waals surface area contributed by atoms with E-state index >= 15 is 0 Å². The first-order valence-corrected chi connectivity index (χ1v) is 12.0. The molecule has 2 aromatic heterocycles. The molecule has 0 saturated carbocycles. The lowest BCUT2D eigenvalue weighted by Gasteiger charge is -2.10. The van der Waals surface area contributed by atoms with Gasteiger partial charge in [0.15, 0.2) is 0 Å². The van der Waals surface area contributed by atoms with Crippen LogP contribution in [-0.2, 0) is 0 Å². The number of fused-ring (bicyclic) bond motifs is 11. The third-order valence-electron chi connectivity index (χ3n) is 7.45. The van der Waals surface area contributed by atoms with Crippen molar-refractivity contribution in [3.05, 3.63) is 115 Å². The molecule has 0 saturated heterocycles. The van der Waals surface area contributed by atoms with Gasteiger partial charge in [0.2, 0.25) is 0 Å². The highest BCUT2D eigenvalue weighted by molar-refractivity contribution is 6.31. The van der Waals surface area contributed by atoms with Crippen LogP contribution in [0.2, 0.25) is 0 Å². The Morgan fingerprint density at radius 2 is 1.20 bits per heavy atom. The lowest BCUT2D eigenvalue weighted by Crippen LogP contribution is -1.93. The third kappa shape index (κ3) is 2.49. The summed E-state index contributed by atoms with van der Waals surface area (Å²) in [6, 6.07) is 39.3. The largest absolute Gasteiger partial charge is 0.456 e. The Kier molecular flexibility index (Phi) is 3.62. The minimum atomic E-state index is 0.934. The smallest absolute Gasteiger partial charge is 0.136 e. The number of hydrogen-bond donors (Lipinski definition) is 0. The average molecular weight is 448 g/mol. The van der Waals surface area contributed by atoms with Crippen molar-refractivity contribution >= 4 is 65.3 Å². The number of hydrogen-bond acceptors (Lipinski definition) is 1. The normalized spacial score (nSPS) is 12.1.